The minimum absolute atomic E-state index is 0.0217. The number of rotatable bonds is 3. The van der Waals surface area contributed by atoms with Crippen molar-refractivity contribution in [2.45, 2.75) is 19.4 Å². The second-order valence-corrected chi connectivity index (χ2v) is 5.87. The van der Waals surface area contributed by atoms with Gasteiger partial charge in [-0.05, 0) is 30.7 Å². The van der Waals surface area contributed by atoms with E-state index in [4.69, 9.17) is 0 Å². The molecule has 0 spiro atoms. The minimum Gasteiger partial charge on any atom is -0.336 e. The summed E-state index contributed by atoms with van der Waals surface area (Å²) in [6.45, 7) is 2.27. The highest BCUT2D eigenvalue weighted by molar-refractivity contribution is 6.02. The Kier molecular flexibility index (Phi) is 4.20. The van der Waals surface area contributed by atoms with Crippen LogP contribution < -0.4 is 10.6 Å². The van der Waals surface area contributed by atoms with Gasteiger partial charge in [-0.3, -0.25) is 19.3 Å². The summed E-state index contributed by atoms with van der Waals surface area (Å²) in [6, 6.07) is 5.96. The van der Waals surface area contributed by atoms with Gasteiger partial charge in [0.2, 0.25) is 11.8 Å². The highest BCUT2D eigenvalue weighted by atomic mass is 16.2. The second kappa shape index (κ2) is 6.31. The monoisotopic (exact) mass is 330 g/mol. The summed E-state index contributed by atoms with van der Waals surface area (Å²) in [5.74, 6) is -0.581. The van der Waals surface area contributed by atoms with E-state index < -0.39 is 0 Å². The van der Waals surface area contributed by atoms with Crippen molar-refractivity contribution in [3.63, 3.8) is 0 Å². The van der Waals surface area contributed by atoms with Gasteiger partial charge in [0, 0.05) is 31.3 Å². The first kappa shape index (κ1) is 16.0. The summed E-state index contributed by atoms with van der Waals surface area (Å²) in [4.78, 5) is 49.8. The molecule has 2 fully saturated rings. The average molecular weight is 330 g/mol. The number of imide groups is 1. The van der Waals surface area contributed by atoms with Crippen LogP contribution in [0.2, 0.25) is 0 Å². The van der Waals surface area contributed by atoms with Gasteiger partial charge < -0.3 is 15.5 Å². The maximum atomic E-state index is 12.5. The van der Waals surface area contributed by atoms with Crippen molar-refractivity contribution in [3.8, 4) is 0 Å². The lowest BCUT2D eigenvalue weighted by atomic mass is 10.2. The van der Waals surface area contributed by atoms with E-state index in [1.54, 1.807) is 29.2 Å². The van der Waals surface area contributed by atoms with E-state index in [0.717, 1.165) is 0 Å². The van der Waals surface area contributed by atoms with E-state index in [2.05, 4.69) is 10.6 Å². The highest BCUT2D eigenvalue weighted by Crippen LogP contribution is 2.21. The second-order valence-electron chi connectivity index (χ2n) is 5.87. The van der Waals surface area contributed by atoms with E-state index in [1.807, 2.05) is 0 Å². The number of anilines is 1. The molecule has 5 amide bonds. The predicted molar refractivity (Wildman–Crippen MR) is 85.3 cm³/mol. The van der Waals surface area contributed by atoms with E-state index >= 15 is 0 Å². The molecule has 24 heavy (non-hydrogen) atoms. The van der Waals surface area contributed by atoms with Crippen molar-refractivity contribution in [2.75, 3.05) is 25.0 Å². The van der Waals surface area contributed by atoms with E-state index in [1.165, 1.54) is 11.8 Å². The Morgan fingerprint density at radius 3 is 2.50 bits per heavy atom. The number of nitrogens with one attached hydrogen (secondary N) is 2. The third-order valence-corrected chi connectivity index (χ3v) is 4.15. The molecule has 1 aromatic carbocycles. The number of carbonyl (C=O) groups is 4. The Labute approximate surface area is 138 Å². The van der Waals surface area contributed by atoms with Gasteiger partial charge in [0.25, 0.3) is 5.91 Å². The normalized spacial score (nSPS) is 20.3. The molecule has 0 radical (unpaired) electrons. The number of nitrogens with zero attached hydrogens (tertiary/aromatic N) is 2. The molecule has 0 aliphatic carbocycles. The van der Waals surface area contributed by atoms with Crippen molar-refractivity contribution in [1.29, 1.82) is 0 Å². The van der Waals surface area contributed by atoms with Crippen molar-refractivity contribution in [2.24, 2.45) is 0 Å². The number of amides is 5. The zero-order valence-electron chi connectivity index (χ0n) is 13.2. The molecule has 2 aliphatic rings. The lowest BCUT2D eigenvalue weighted by molar-refractivity contribution is -0.126. The summed E-state index contributed by atoms with van der Waals surface area (Å²) in [6.07, 6.45) is 0.578. The summed E-state index contributed by atoms with van der Waals surface area (Å²) in [5.41, 5.74) is 1.12. The third-order valence-electron chi connectivity index (χ3n) is 4.15. The van der Waals surface area contributed by atoms with Gasteiger partial charge in [0.05, 0.1) is 12.6 Å². The van der Waals surface area contributed by atoms with E-state index in [9.17, 15) is 19.2 Å². The number of hydrogen-bond acceptors (Lipinski definition) is 4. The van der Waals surface area contributed by atoms with Crippen LogP contribution in [-0.2, 0) is 9.59 Å². The van der Waals surface area contributed by atoms with Crippen LogP contribution in [0, 0.1) is 0 Å². The number of likely N-dealkylation sites (tertiary alicyclic amines) is 1. The quantitative estimate of drug-likeness (QED) is 0.784. The minimum atomic E-state index is -0.390. The zero-order chi connectivity index (χ0) is 17.3. The maximum Gasteiger partial charge on any atom is 0.324 e. The molecule has 0 bridgehead atoms. The first-order valence-electron chi connectivity index (χ1n) is 7.72. The van der Waals surface area contributed by atoms with E-state index in [0.29, 0.717) is 30.8 Å². The molecule has 1 atom stereocenters. The largest absolute Gasteiger partial charge is 0.336 e. The summed E-state index contributed by atoms with van der Waals surface area (Å²) < 4.78 is 0. The predicted octanol–water partition coefficient (Wildman–Crippen LogP) is 0.411. The number of hydrogen-bond donors (Lipinski definition) is 2. The van der Waals surface area contributed by atoms with Crippen LogP contribution in [0.15, 0.2) is 24.3 Å². The number of urea groups is 1. The fraction of sp³-hybridized carbons (Fsp3) is 0.375. The molecule has 2 aliphatic heterocycles. The lowest BCUT2D eigenvalue weighted by Gasteiger charge is -2.21. The zero-order valence-corrected chi connectivity index (χ0v) is 13.2. The fourth-order valence-corrected chi connectivity index (χ4v) is 3.02. The Bertz CT molecular complexity index is 685. The number of carbonyl (C=O) groups excluding carboxylic acids is 4. The van der Waals surface area contributed by atoms with Crippen LogP contribution in [0.25, 0.3) is 0 Å². The summed E-state index contributed by atoms with van der Waals surface area (Å²) in [5, 5.41) is 5.14. The molecule has 0 aromatic heterocycles. The van der Waals surface area contributed by atoms with Crippen molar-refractivity contribution >= 4 is 29.4 Å². The van der Waals surface area contributed by atoms with Crippen LogP contribution in [0.5, 0.6) is 0 Å². The molecule has 1 unspecified atom stereocenters. The molecule has 8 heteroatoms. The fourth-order valence-electron chi connectivity index (χ4n) is 3.02. The molecule has 126 valence electrons. The molecular formula is C16H18N4O4. The Morgan fingerprint density at radius 2 is 1.92 bits per heavy atom. The molecule has 1 aromatic rings. The molecular weight excluding hydrogens is 312 g/mol. The van der Waals surface area contributed by atoms with Crippen molar-refractivity contribution in [1.82, 2.24) is 15.1 Å². The van der Waals surface area contributed by atoms with Gasteiger partial charge in [-0.1, -0.05) is 0 Å². The van der Waals surface area contributed by atoms with Crippen molar-refractivity contribution in [3.05, 3.63) is 29.8 Å². The van der Waals surface area contributed by atoms with Gasteiger partial charge in [-0.2, -0.15) is 0 Å². The van der Waals surface area contributed by atoms with Crippen LogP contribution in [0.1, 0.15) is 23.7 Å². The number of benzene rings is 1. The van der Waals surface area contributed by atoms with Crippen LogP contribution >= 0.6 is 0 Å². The van der Waals surface area contributed by atoms with Crippen LogP contribution in [0.4, 0.5) is 10.5 Å². The first-order valence-corrected chi connectivity index (χ1v) is 7.72. The summed E-state index contributed by atoms with van der Waals surface area (Å²) >= 11 is 0. The Hall–Kier alpha value is -2.90. The maximum absolute atomic E-state index is 12.5. The molecule has 2 saturated heterocycles. The lowest BCUT2D eigenvalue weighted by Crippen LogP contribution is -2.42. The third kappa shape index (κ3) is 3.08. The van der Waals surface area contributed by atoms with Crippen LogP contribution in [-0.4, -0.2) is 59.2 Å². The van der Waals surface area contributed by atoms with Gasteiger partial charge in [-0.15, -0.1) is 0 Å². The highest BCUT2D eigenvalue weighted by Gasteiger charge is 2.39. The van der Waals surface area contributed by atoms with Gasteiger partial charge in [0.15, 0.2) is 0 Å². The van der Waals surface area contributed by atoms with Crippen LogP contribution in [0.3, 0.4) is 0 Å². The van der Waals surface area contributed by atoms with Gasteiger partial charge in [-0.25, -0.2) is 4.79 Å². The SMILES string of the molecule is CC(=O)Nc1ccc(C(=O)N2CCC(N3C(=O)CNC3=O)C2)cc1. The molecule has 8 nitrogen and oxygen atoms in total. The molecule has 0 saturated carbocycles. The standard InChI is InChI=1S/C16H18N4O4/c1-10(21)18-12-4-2-11(3-5-12)15(23)19-7-6-13(9-19)20-14(22)8-17-16(20)24/h2-5,13H,6-9H2,1H3,(H,17,24)(H,18,21). The molecule has 2 heterocycles. The molecule has 2 N–H and O–H groups in total. The first-order chi connectivity index (χ1) is 11.5. The van der Waals surface area contributed by atoms with E-state index in [-0.39, 0.29) is 36.3 Å². The van der Waals surface area contributed by atoms with Gasteiger partial charge in [0.1, 0.15) is 0 Å². The topological polar surface area (TPSA) is 98.8 Å². The average Bonchev–Trinajstić information content (AvgIpc) is 3.13. The summed E-state index contributed by atoms with van der Waals surface area (Å²) in [7, 11) is 0. The molecule has 3 rings (SSSR count). The van der Waals surface area contributed by atoms with Gasteiger partial charge >= 0.3 is 6.03 Å². The smallest absolute Gasteiger partial charge is 0.324 e. The Morgan fingerprint density at radius 1 is 1.21 bits per heavy atom. The Balaban J connectivity index is 1.65. The van der Waals surface area contributed by atoms with Crippen molar-refractivity contribution < 1.29 is 19.2 Å².